The molecule has 0 radical (unpaired) electrons. The van der Waals surface area contributed by atoms with E-state index in [1.165, 1.54) is 13.0 Å². The van der Waals surface area contributed by atoms with Crippen LogP contribution in [0.25, 0.3) is 0 Å². The van der Waals surface area contributed by atoms with Crippen molar-refractivity contribution in [3.63, 3.8) is 0 Å². The Balaban J connectivity index is 2.87. The van der Waals surface area contributed by atoms with Gasteiger partial charge in [0.2, 0.25) is 0 Å². The van der Waals surface area contributed by atoms with Crippen LogP contribution in [-0.2, 0) is 6.18 Å². The molecule has 0 saturated heterocycles. The van der Waals surface area contributed by atoms with Gasteiger partial charge in [-0.1, -0.05) is 19.4 Å². The number of unbranched alkanes of at least 4 members (excludes halogenated alkanes) is 1. The molecule has 1 rings (SSSR count). The molecule has 0 heterocycles. The fourth-order valence-corrected chi connectivity index (χ4v) is 1.40. The minimum absolute atomic E-state index is 0.158. The highest BCUT2D eigenvalue weighted by Crippen LogP contribution is 2.35. The molecule has 0 aliphatic rings. The maximum atomic E-state index is 12.6. The minimum atomic E-state index is -4.31. The quantitative estimate of drug-likeness (QED) is 0.707. The van der Waals surface area contributed by atoms with E-state index in [9.17, 15) is 13.2 Å². The summed E-state index contributed by atoms with van der Waals surface area (Å²) in [6.07, 6.45) is -2.51. The number of benzene rings is 1. The normalized spacial score (nSPS) is 11.6. The summed E-state index contributed by atoms with van der Waals surface area (Å²) in [4.78, 5) is 0. The van der Waals surface area contributed by atoms with E-state index in [0.29, 0.717) is 12.4 Å². The van der Waals surface area contributed by atoms with E-state index >= 15 is 0 Å². The third-order valence-corrected chi connectivity index (χ3v) is 2.34. The summed E-state index contributed by atoms with van der Waals surface area (Å²) >= 11 is 0. The summed E-state index contributed by atoms with van der Waals surface area (Å²) < 4.78 is 43.0. The van der Waals surface area contributed by atoms with Gasteiger partial charge in [-0.15, -0.1) is 0 Å². The monoisotopic (exact) mass is 232 g/mol. The van der Waals surface area contributed by atoms with Crippen LogP contribution in [-0.4, -0.2) is 6.61 Å². The Bertz CT molecular complexity index is 345. The van der Waals surface area contributed by atoms with Crippen LogP contribution in [0.3, 0.4) is 0 Å². The molecule has 0 spiro atoms. The molecule has 0 fully saturated rings. The van der Waals surface area contributed by atoms with Gasteiger partial charge in [0.15, 0.2) is 0 Å². The highest BCUT2D eigenvalue weighted by Gasteiger charge is 2.33. The van der Waals surface area contributed by atoms with E-state index in [4.69, 9.17) is 4.74 Å². The van der Waals surface area contributed by atoms with Crippen LogP contribution in [0.15, 0.2) is 18.2 Å². The highest BCUT2D eigenvalue weighted by atomic mass is 19.4. The van der Waals surface area contributed by atoms with Gasteiger partial charge in [-0.2, -0.15) is 13.2 Å². The lowest BCUT2D eigenvalue weighted by Gasteiger charge is -2.14. The van der Waals surface area contributed by atoms with Gasteiger partial charge in [-0.3, -0.25) is 0 Å². The topological polar surface area (TPSA) is 9.23 Å². The van der Waals surface area contributed by atoms with Crippen molar-refractivity contribution in [3.8, 4) is 5.75 Å². The van der Waals surface area contributed by atoms with Gasteiger partial charge in [0, 0.05) is 5.56 Å². The highest BCUT2D eigenvalue weighted by molar-refractivity contribution is 5.40. The Hall–Kier alpha value is -1.19. The van der Waals surface area contributed by atoms with Crippen LogP contribution in [0.4, 0.5) is 13.2 Å². The van der Waals surface area contributed by atoms with Gasteiger partial charge >= 0.3 is 6.18 Å². The molecule has 0 aliphatic heterocycles. The molecule has 1 aromatic rings. The van der Waals surface area contributed by atoms with Crippen molar-refractivity contribution < 1.29 is 17.9 Å². The average Bonchev–Trinajstić information content (AvgIpc) is 2.19. The largest absolute Gasteiger partial charge is 0.493 e. The van der Waals surface area contributed by atoms with Crippen molar-refractivity contribution in [1.82, 2.24) is 0 Å². The van der Waals surface area contributed by atoms with Crippen molar-refractivity contribution in [1.29, 1.82) is 0 Å². The molecule has 0 atom stereocenters. The van der Waals surface area contributed by atoms with E-state index < -0.39 is 11.7 Å². The molecule has 0 aromatic heterocycles. The predicted octanol–water partition coefficient (Wildman–Crippen LogP) is 4.19. The zero-order valence-corrected chi connectivity index (χ0v) is 9.40. The van der Waals surface area contributed by atoms with E-state index in [-0.39, 0.29) is 5.56 Å². The number of halogens is 3. The Morgan fingerprint density at radius 3 is 2.50 bits per heavy atom. The molecular formula is C12H15F3O. The maximum Gasteiger partial charge on any atom is 0.416 e. The summed E-state index contributed by atoms with van der Waals surface area (Å²) in [6.45, 7) is 3.89. The zero-order chi connectivity index (χ0) is 12.2. The van der Waals surface area contributed by atoms with Gasteiger partial charge in [-0.05, 0) is 25.5 Å². The average molecular weight is 232 g/mol. The number of rotatable bonds is 4. The molecule has 0 saturated carbocycles. The molecule has 4 heteroatoms. The standard InChI is InChI=1S/C12H15F3O/c1-3-4-8-16-11-7-5-6-10(9(11)2)12(13,14)15/h5-7H,3-4,8H2,1-2H3. The first kappa shape index (κ1) is 12.9. The number of alkyl halides is 3. The molecule has 0 N–H and O–H groups in total. The first-order chi connectivity index (χ1) is 7.46. The predicted molar refractivity (Wildman–Crippen MR) is 56.6 cm³/mol. The number of hydrogen-bond acceptors (Lipinski definition) is 1. The van der Waals surface area contributed by atoms with Crippen molar-refractivity contribution in [2.24, 2.45) is 0 Å². The third-order valence-electron chi connectivity index (χ3n) is 2.34. The van der Waals surface area contributed by atoms with Crippen LogP contribution in [0.1, 0.15) is 30.9 Å². The fourth-order valence-electron chi connectivity index (χ4n) is 1.40. The summed E-state index contributed by atoms with van der Waals surface area (Å²) in [7, 11) is 0. The fraction of sp³-hybridized carbons (Fsp3) is 0.500. The lowest BCUT2D eigenvalue weighted by Crippen LogP contribution is -2.09. The third kappa shape index (κ3) is 3.15. The number of hydrogen-bond donors (Lipinski definition) is 0. The number of ether oxygens (including phenoxy) is 1. The van der Waals surface area contributed by atoms with Crippen molar-refractivity contribution in [2.75, 3.05) is 6.61 Å². The van der Waals surface area contributed by atoms with Gasteiger partial charge in [0.1, 0.15) is 5.75 Å². The van der Waals surface area contributed by atoms with E-state index in [0.717, 1.165) is 18.9 Å². The molecule has 0 bridgehead atoms. The summed E-state index contributed by atoms with van der Waals surface area (Å²) in [5.74, 6) is 0.322. The second kappa shape index (κ2) is 5.23. The second-order valence-corrected chi connectivity index (χ2v) is 3.63. The Kier molecular flexibility index (Phi) is 4.21. The first-order valence-electron chi connectivity index (χ1n) is 5.26. The van der Waals surface area contributed by atoms with Crippen molar-refractivity contribution >= 4 is 0 Å². The Morgan fingerprint density at radius 1 is 1.25 bits per heavy atom. The lowest BCUT2D eigenvalue weighted by molar-refractivity contribution is -0.138. The molecule has 0 amide bonds. The van der Waals surface area contributed by atoms with Crippen molar-refractivity contribution in [2.45, 2.75) is 32.9 Å². The molecule has 0 unspecified atom stereocenters. The van der Waals surface area contributed by atoms with Gasteiger partial charge in [0.25, 0.3) is 0 Å². The summed E-state index contributed by atoms with van der Waals surface area (Å²) in [5.41, 5.74) is -0.465. The summed E-state index contributed by atoms with van der Waals surface area (Å²) in [6, 6.07) is 4.01. The zero-order valence-electron chi connectivity index (χ0n) is 9.40. The van der Waals surface area contributed by atoms with Crippen LogP contribution >= 0.6 is 0 Å². The molecule has 90 valence electrons. The second-order valence-electron chi connectivity index (χ2n) is 3.63. The van der Waals surface area contributed by atoms with E-state index in [1.807, 2.05) is 6.92 Å². The van der Waals surface area contributed by atoms with Crippen LogP contribution < -0.4 is 4.74 Å². The van der Waals surface area contributed by atoms with E-state index in [1.54, 1.807) is 6.07 Å². The minimum Gasteiger partial charge on any atom is -0.493 e. The summed E-state index contributed by atoms with van der Waals surface area (Å²) in [5, 5.41) is 0. The van der Waals surface area contributed by atoms with Gasteiger partial charge < -0.3 is 4.74 Å². The molecule has 1 aromatic carbocycles. The maximum absolute atomic E-state index is 12.6. The van der Waals surface area contributed by atoms with Crippen molar-refractivity contribution in [3.05, 3.63) is 29.3 Å². The Labute approximate surface area is 93.2 Å². The lowest BCUT2D eigenvalue weighted by atomic mass is 10.1. The molecule has 16 heavy (non-hydrogen) atoms. The van der Waals surface area contributed by atoms with E-state index in [2.05, 4.69) is 0 Å². The first-order valence-corrected chi connectivity index (χ1v) is 5.26. The molecular weight excluding hydrogens is 217 g/mol. The van der Waals surface area contributed by atoms with Crippen LogP contribution in [0.2, 0.25) is 0 Å². The van der Waals surface area contributed by atoms with Crippen LogP contribution in [0.5, 0.6) is 5.75 Å². The molecule has 0 aliphatic carbocycles. The molecule has 1 nitrogen and oxygen atoms in total. The Morgan fingerprint density at radius 2 is 1.94 bits per heavy atom. The van der Waals surface area contributed by atoms with Crippen LogP contribution in [0, 0.1) is 6.92 Å². The van der Waals surface area contributed by atoms with Gasteiger partial charge in [-0.25, -0.2) is 0 Å². The van der Waals surface area contributed by atoms with Gasteiger partial charge in [0.05, 0.1) is 12.2 Å². The smallest absolute Gasteiger partial charge is 0.416 e. The SMILES string of the molecule is CCCCOc1cccc(C(F)(F)F)c1C.